The van der Waals surface area contributed by atoms with Crippen LogP contribution < -0.4 is 0 Å². The molecule has 0 radical (unpaired) electrons. The van der Waals surface area contributed by atoms with Gasteiger partial charge in [0.25, 0.3) is 0 Å². The second kappa shape index (κ2) is 24.7. The lowest BCUT2D eigenvalue weighted by molar-refractivity contribution is -0.137. The Morgan fingerprint density at radius 3 is 0.990 bits per heavy atom. The molecule has 0 aliphatic heterocycles. The molecule has 15 rings (SSSR count). The van der Waals surface area contributed by atoms with Crippen molar-refractivity contribution in [3.05, 3.63) is 316 Å². The van der Waals surface area contributed by atoms with Gasteiger partial charge in [0.2, 0.25) is 0 Å². The van der Waals surface area contributed by atoms with Gasteiger partial charge in [0, 0.05) is 60.5 Å². The average molecular weight is 1290 g/mol. The zero-order valence-corrected chi connectivity index (χ0v) is 52.0. The Labute approximate surface area is 569 Å². The Balaban J connectivity index is 1.06. The number of rotatable bonds is 10. The number of nitrogens with zero attached hydrogens (tertiary/aromatic N) is 13. The first-order valence-corrected chi connectivity index (χ1v) is 30.9. The van der Waals surface area contributed by atoms with E-state index in [0.717, 1.165) is 23.3 Å². The lowest BCUT2D eigenvalue weighted by Crippen LogP contribution is -2.08. The van der Waals surface area contributed by atoms with Crippen LogP contribution in [0.25, 0.3) is 164 Å². The molecule has 0 fully saturated rings. The van der Waals surface area contributed by atoms with Crippen LogP contribution in [-0.2, 0) is 6.18 Å². The van der Waals surface area contributed by atoms with E-state index in [9.17, 15) is 21.0 Å². The molecule has 16 heteroatoms. The van der Waals surface area contributed by atoms with E-state index in [-0.39, 0.29) is 56.5 Å². The summed E-state index contributed by atoms with van der Waals surface area (Å²) >= 11 is 0. The lowest BCUT2D eigenvalue weighted by atomic mass is 9.96. The minimum absolute atomic E-state index is 0.121. The van der Waals surface area contributed by atoms with Crippen LogP contribution in [0.2, 0.25) is 0 Å². The minimum atomic E-state index is -4.85. The second-order valence-electron chi connectivity index (χ2n) is 23.6. The monoisotopic (exact) mass is 1290 g/mol. The van der Waals surface area contributed by atoms with Crippen LogP contribution in [0.5, 0.6) is 0 Å². The molecule has 0 spiro atoms. The fraction of sp³-hybridized carbons (Fsp3) is 0.0119. The molecule has 100 heavy (non-hydrogen) atoms. The summed E-state index contributed by atoms with van der Waals surface area (Å²) in [6.07, 6.45) is -4.85. The van der Waals surface area contributed by atoms with Gasteiger partial charge in [0.1, 0.15) is 0 Å². The summed E-state index contributed by atoms with van der Waals surface area (Å²) < 4.78 is 51.2. The van der Waals surface area contributed by atoms with E-state index in [1.54, 1.807) is 77.4 Å². The molecule has 0 saturated heterocycles. The highest BCUT2D eigenvalue weighted by molar-refractivity contribution is 6.14. The summed E-state index contributed by atoms with van der Waals surface area (Å²) in [5.41, 5.74) is 11.5. The molecule has 0 aliphatic rings. The maximum absolute atomic E-state index is 15.8. The number of alkyl halides is 3. The van der Waals surface area contributed by atoms with Crippen molar-refractivity contribution >= 4 is 66.4 Å². The maximum Gasteiger partial charge on any atom is 0.416 e. The Bertz CT molecular complexity index is 5930. The van der Waals surface area contributed by atoms with Gasteiger partial charge in [-0.25, -0.2) is 34.3 Å². The van der Waals surface area contributed by atoms with E-state index in [0.29, 0.717) is 122 Å². The van der Waals surface area contributed by atoms with Crippen molar-refractivity contribution in [2.24, 2.45) is 0 Å². The number of nitriles is 4. The van der Waals surface area contributed by atoms with Crippen LogP contribution in [0.3, 0.4) is 0 Å². The van der Waals surface area contributed by atoms with Gasteiger partial charge in [0.05, 0.1) is 101 Å². The van der Waals surface area contributed by atoms with Crippen molar-refractivity contribution in [2.45, 2.75) is 6.18 Å². The molecule has 0 N–H and O–H groups in total. The van der Waals surface area contributed by atoms with Crippen molar-refractivity contribution < 1.29 is 13.2 Å². The quantitative estimate of drug-likeness (QED) is 0.123. The standard InChI is InChI=1S/C84H40F3N13/c1-92-65-32-51(47-90)30-61(34-65)56-17-24-75-72(39-56)74-41-58(63-36-67(94-3)44-68(37-63)95-4)19-26-76(74)99(75)79-42-59(83-97-81(53-11-7-5-8-12-53)96-82(98-83)54-13-9-6-10-14-54)15-21-69(79)70-22-20-64(84(85,86)87)43-80(70)100-77-23-16-55(60-28-49(45-88)27-50(29-60)46-89)38-71(77)73-40-57(18-25-78(73)100)62-31-52(48-91)33-66(35-62)93-2/h5-44H. The molecule has 12 aromatic carbocycles. The zero-order valence-electron chi connectivity index (χ0n) is 52.0. The number of hydrogen-bond donors (Lipinski definition) is 0. The van der Waals surface area contributed by atoms with Gasteiger partial charge < -0.3 is 9.13 Å². The summed E-state index contributed by atoms with van der Waals surface area (Å²) in [5, 5.41) is 43.0. The average Bonchev–Trinajstić information content (AvgIpc) is 1.56. The summed E-state index contributed by atoms with van der Waals surface area (Å²) in [6.45, 7) is 31.7. The number of hydrogen-bond acceptors (Lipinski definition) is 7. The Morgan fingerprint density at radius 2 is 0.620 bits per heavy atom. The highest BCUT2D eigenvalue weighted by Crippen LogP contribution is 2.47. The second-order valence-corrected chi connectivity index (χ2v) is 23.6. The molecular formula is C84H40F3N13. The summed E-state index contributed by atoms with van der Waals surface area (Å²) in [4.78, 5) is 30.0. The van der Waals surface area contributed by atoms with Gasteiger partial charge in [-0.1, -0.05) is 121 Å². The molecule has 0 amide bonds. The van der Waals surface area contributed by atoms with Crippen LogP contribution in [0.1, 0.15) is 27.8 Å². The van der Waals surface area contributed by atoms with Crippen LogP contribution in [-0.4, -0.2) is 24.1 Å². The van der Waals surface area contributed by atoms with Crippen LogP contribution in [0.4, 0.5) is 35.9 Å². The Morgan fingerprint density at radius 1 is 0.300 bits per heavy atom. The Hall–Kier alpha value is -15.0. The van der Waals surface area contributed by atoms with Crippen molar-refractivity contribution in [3.8, 4) is 125 Å². The first-order chi connectivity index (χ1) is 48.7. The predicted molar refractivity (Wildman–Crippen MR) is 381 cm³/mol. The van der Waals surface area contributed by atoms with E-state index < -0.39 is 11.7 Å². The molecule has 3 heterocycles. The third-order valence-electron chi connectivity index (χ3n) is 17.6. The number of fused-ring (bicyclic) bond motifs is 6. The van der Waals surface area contributed by atoms with Gasteiger partial charge in [-0.15, -0.1) is 0 Å². The molecule has 0 atom stereocenters. The SMILES string of the molecule is [C-]#[N+]c1cc(C#N)cc(-c2ccc3c(c2)c2cc(-c4cc([N+]#[C-])cc([N+]#[C-])c4)ccc2n3-c2cc(-c3nc(-c4ccccc4)nc(-c4ccccc4)n3)ccc2-c2ccc(C(F)(F)F)cc2-n2c3ccc(-c4cc(C#N)cc(C#N)c4)cc3c3cc(-c4cc(C#N)cc([N+]#[C-])c4)ccc32)c1. The third kappa shape index (κ3) is 11.0. The molecule has 15 aromatic rings. The van der Waals surface area contributed by atoms with E-state index in [1.807, 2.05) is 132 Å². The van der Waals surface area contributed by atoms with E-state index in [1.165, 1.54) is 30.3 Å². The third-order valence-corrected chi connectivity index (χ3v) is 17.6. The van der Waals surface area contributed by atoms with Gasteiger partial charge in [-0.2, -0.15) is 34.2 Å². The van der Waals surface area contributed by atoms with Gasteiger partial charge in [0.15, 0.2) is 40.2 Å². The van der Waals surface area contributed by atoms with Gasteiger partial charge in [-0.3, -0.25) is 0 Å². The van der Waals surface area contributed by atoms with Gasteiger partial charge in [-0.05, 0) is 166 Å². The highest BCUT2D eigenvalue weighted by Gasteiger charge is 2.33. The van der Waals surface area contributed by atoms with Crippen molar-refractivity contribution in [1.29, 1.82) is 21.0 Å². The number of aromatic nitrogens is 5. The molecule has 0 bridgehead atoms. The zero-order chi connectivity index (χ0) is 68.9. The van der Waals surface area contributed by atoms with Crippen molar-refractivity contribution in [2.75, 3.05) is 0 Å². The Kier molecular flexibility index (Phi) is 15.1. The molecule has 13 nitrogen and oxygen atoms in total. The largest absolute Gasteiger partial charge is 0.416 e. The molecule has 3 aromatic heterocycles. The molecule has 0 saturated carbocycles. The normalized spacial score (nSPS) is 11.1. The van der Waals surface area contributed by atoms with E-state index >= 15 is 13.2 Å². The first-order valence-electron chi connectivity index (χ1n) is 30.9. The van der Waals surface area contributed by atoms with Crippen molar-refractivity contribution in [1.82, 2.24) is 24.1 Å². The fourth-order valence-corrected chi connectivity index (χ4v) is 13.1. The lowest BCUT2D eigenvalue weighted by Gasteiger charge is -2.21. The smallest absolute Gasteiger partial charge is 0.309 e. The maximum atomic E-state index is 15.8. The van der Waals surface area contributed by atoms with E-state index in [2.05, 4.69) is 43.7 Å². The number of halogens is 3. The first kappa shape index (κ1) is 61.2. The predicted octanol–water partition coefficient (Wildman–Crippen LogP) is 22.1. The fourth-order valence-electron chi connectivity index (χ4n) is 13.1. The molecule has 0 unspecified atom stereocenters. The topological polar surface area (TPSA) is 161 Å². The van der Waals surface area contributed by atoms with Crippen LogP contribution >= 0.6 is 0 Å². The summed E-state index contributed by atoms with van der Waals surface area (Å²) in [7, 11) is 0. The van der Waals surface area contributed by atoms with Crippen molar-refractivity contribution in [3.63, 3.8) is 0 Å². The van der Waals surface area contributed by atoms with E-state index in [4.69, 9.17) is 41.2 Å². The molecular weight excluding hydrogens is 1250 g/mol. The minimum Gasteiger partial charge on any atom is -0.309 e. The molecule has 0 aliphatic carbocycles. The van der Waals surface area contributed by atoms with Gasteiger partial charge >= 0.3 is 6.18 Å². The number of benzene rings is 12. The summed E-state index contributed by atoms with van der Waals surface area (Å²) in [6, 6.07) is 78.9. The highest BCUT2D eigenvalue weighted by atomic mass is 19.4. The molecule has 462 valence electrons. The summed E-state index contributed by atoms with van der Waals surface area (Å²) in [5.74, 6) is 1.04. The van der Waals surface area contributed by atoms with Crippen LogP contribution in [0, 0.1) is 71.6 Å². The van der Waals surface area contributed by atoms with Crippen LogP contribution in [0.15, 0.2) is 243 Å².